The van der Waals surface area contributed by atoms with E-state index in [9.17, 15) is 9.90 Å². The van der Waals surface area contributed by atoms with Crippen molar-refractivity contribution in [3.63, 3.8) is 0 Å². The number of nitrogens with zero attached hydrogens (tertiary/aromatic N) is 1. The van der Waals surface area contributed by atoms with Gasteiger partial charge in [-0.2, -0.15) is 0 Å². The standard InChI is InChI=1S/C15H24N2O2/c1-2-17-9-5-8-14(17)15(19)16-10-12-6-3-4-7-13(12)11-18/h5,8-9,12-13,18H,2-4,6-7,10-11H2,1H3,(H,16,19). The van der Waals surface area contributed by atoms with Gasteiger partial charge in [-0.3, -0.25) is 4.79 Å². The van der Waals surface area contributed by atoms with Gasteiger partial charge in [-0.05, 0) is 43.7 Å². The highest BCUT2D eigenvalue weighted by atomic mass is 16.3. The Bertz CT molecular complexity index is 414. The lowest BCUT2D eigenvalue weighted by Gasteiger charge is -2.30. The molecule has 0 aromatic carbocycles. The normalized spacial score (nSPS) is 23.3. The summed E-state index contributed by atoms with van der Waals surface area (Å²) in [5.74, 6) is 0.772. The Kier molecular flexibility index (Phi) is 5.02. The molecule has 1 heterocycles. The molecular formula is C15H24N2O2. The maximum Gasteiger partial charge on any atom is 0.267 e. The SMILES string of the molecule is CCn1cccc1C(=O)NCC1CCCCC1CO. The lowest BCUT2D eigenvalue weighted by Crippen LogP contribution is -2.36. The number of carbonyl (C=O) groups is 1. The van der Waals surface area contributed by atoms with E-state index < -0.39 is 0 Å². The van der Waals surface area contributed by atoms with Crippen LogP contribution in [-0.2, 0) is 6.54 Å². The number of aliphatic hydroxyl groups excluding tert-OH is 1. The molecule has 1 saturated carbocycles. The lowest BCUT2D eigenvalue weighted by molar-refractivity contribution is 0.0900. The van der Waals surface area contributed by atoms with Gasteiger partial charge < -0.3 is 15.0 Å². The third kappa shape index (κ3) is 3.38. The van der Waals surface area contributed by atoms with Crippen molar-refractivity contribution in [1.82, 2.24) is 9.88 Å². The van der Waals surface area contributed by atoms with Gasteiger partial charge in [0, 0.05) is 25.9 Å². The van der Waals surface area contributed by atoms with Crippen molar-refractivity contribution < 1.29 is 9.90 Å². The summed E-state index contributed by atoms with van der Waals surface area (Å²) < 4.78 is 1.94. The maximum absolute atomic E-state index is 12.1. The highest BCUT2D eigenvalue weighted by molar-refractivity contribution is 5.92. The van der Waals surface area contributed by atoms with E-state index in [1.807, 2.05) is 29.8 Å². The van der Waals surface area contributed by atoms with Crippen molar-refractivity contribution in [2.24, 2.45) is 11.8 Å². The molecule has 0 spiro atoms. The van der Waals surface area contributed by atoms with E-state index in [0.717, 1.165) is 25.1 Å². The van der Waals surface area contributed by atoms with E-state index in [-0.39, 0.29) is 12.5 Å². The predicted octanol–water partition coefficient (Wildman–Crippen LogP) is 2.04. The summed E-state index contributed by atoms with van der Waals surface area (Å²) in [7, 11) is 0. The molecule has 106 valence electrons. The molecule has 2 rings (SSSR count). The average Bonchev–Trinajstić information content (AvgIpc) is 2.93. The van der Waals surface area contributed by atoms with Gasteiger partial charge in [-0.15, -0.1) is 0 Å². The molecule has 1 fully saturated rings. The minimum absolute atomic E-state index is 0.00545. The van der Waals surface area contributed by atoms with Gasteiger partial charge in [0.2, 0.25) is 0 Å². The Balaban J connectivity index is 1.89. The molecule has 0 bridgehead atoms. The monoisotopic (exact) mass is 264 g/mol. The van der Waals surface area contributed by atoms with E-state index >= 15 is 0 Å². The number of hydrogen-bond acceptors (Lipinski definition) is 2. The number of amides is 1. The first-order valence-electron chi connectivity index (χ1n) is 7.30. The second-order valence-corrected chi connectivity index (χ2v) is 5.38. The fourth-order valence-corrected chi connectivity index (χ4v) is 3.00. The van der Waals surface area contributed by atoms with Crippen LogP contribution in [-0.4, -0.2) is 28.7 Å². The van der Waals surface area contributed by atoms with Gasteiger partial charge in [0.15, 0.2) is 0 Å². The van der Waals surface area contributed by atoms with Crippen LogP contribution in [0.15, 0.2) is 18.3 Å². The van der Waals surface area contributed by atoms with Crippen LogP contribution >= 0.6 is 0 Å². The summed E-state index contributed by atoms with van der Waals surface area (Å²) in [5.41, 5.74) is 0.721. The van der Waals surface area contributed by atoms with E-state index in [4.69, 9.17) is 0 Å². The second-order valence-electron chi connectivity index (χ2n) is 5.38. The van der Waals surface area contributed by atoms with Crippen LogP contribution in [0.5, 0.6) is 0 Å². The highest BCUT2D eigenvalue weighted by Gasteiger charge is 2.25. The molecule has 1 aliphatic rings. The van der Waals surface area contributed by atoms with Crippen molar-refractivity contribution >= 4 is 5.91 Å². The van der Waals surface area contributed by atoms with Crippen molar-refractivity contribution in [2.75, 3.05) is 13.2 Å². The van der Waals surface area contributed by atoms with Gasteiger partial charge >= 0.3 is 0 Å². The van der Waals surface area contributed by atoms with Crippen molar-refractivity contribution in [1.29, 1.82) is 0 Å². The fourth-order valence-electron chi connectivity index (χ4n) is 3.00. The quantitative estimate of drug-likeness (QED) is 0.855. The Morgan fingerprint density at radius 3 is 2.84 bits per heavy atom. The van der Waals surface area contributed by atoms with Crippen molar-refractivity contribution in [3.8, 4) is 0 Å². The minimum Gasteiger partial charge on any atom is -0.396 e. The second kappa shape index (κ2) is 6.75. The van der Waals surface area contributed by atoms with Crippen LogP contribution in [0.1, 0.15) is 43.1 Å². The molecule has 0 aliphatic heterocycles. The molecule has 0 saturated heterocycles. The van der Waals surface area contributed by atoms with Crippen LogP contribution < -0.4 is 5.32 Å². The van der Waals surface area contributed by atoms with Gasteiger partial charge in [0.05, 0.1) is 0 Å². The zero-order valence-corrected chi connectivity index (χ0v) is 11.6. The zero-order chi connectivity index (χ0) is 13.7. The topological polar surface area (TPSA) is 54.3 Å². The summed E-state index contributed by atoms with van der Waals surface area (Å²) in [5, 5.41) is 12.4. The third-order valence-corrected chi connectivity index (χ3v) is 4.23. The van der Waals surface area contributed by atoms with E-state index in [2.05, 4.69) is 5.32 Å². The van der Waals surface area contributed by atoms with Gasteiger partial charge in [0.25, 0.3) is 5.91 Å². The van der Waals surface area contributed by atoms with Gasteiger partial charge in [0.1, 0.15) is 5.69 Å². The van der Waals surface area contributed by atoms with Gasteiger partial charge in [-0.25, -0.2) is 0 Å². The number of aliphatic hydroxyl groups is 1. The van der Waals surface area contributed by atoms with E-state index in [1.165, 1.54) is 12.8 Å². The molecule has 1 aliphatic carbocycles. The summed E-state index contributed by atoms with van der Waals surface area (Å²) in [6, 6.07) is 3.75. The number of aromatic nitrogens is 1. The molecule has 4 heteroatoms. The molecule has 2 unspecified atom stereocenters. The van der Waals surface area contributed by atoms with Crippen LogP contribution in [0.3, 0.4) is 0 Å². The minimum atomic E-state index is -0.00545. The number of nitrogens with one attached hydrogen (secondary N) is 1. The largest absolute Gasteiger partial charge is 0.396 e. The lowest BCUT2D eigenvalue weighted by atomic mass is 9.79. The first-order valence-corrected chi connectivity index (χ1v) is 7.30. The number of rotatable bonds is 5. The van der Waals surface area contributed by atoms with E-state index in [0.29, 0.717) is 18.4 Å². The summed E-state index contributed by atoms with van der Waals surface area (Å²) in [6.45, 7) is 3.75. The number of hydrogen-bond donors (Lipinski definition) is 2. The molecule has 2 atom stereocenters. The fraction of sp³-hybridized carbons (Fsp3) is 0.667. The Labute approximate surface area is 114 Å². The maximum atomic E-state index is 12.1. The number of carbonyl (C=O) groups excluding carboxylic acids is 1. The predicted molar refractivity (Wildman–Crippen MR) is 75.0 cm³/mol. The van der Waals surface area contributed by atoms with Gasteiger partial charge in [-0.1, -0.05) is 12.8 Å². The van der Waals surface area contributed by atoms with Crippen LogP contribution in [0, 0.1) is 11.8 Å². The first-order chi connectivity index (χ1) is 9.26. The molecule has 2 N–H and O–H groups in total. The van der Waals surface area contributed by atoms with E-state index in [1.54, 1.807) is 0 Å². The van der Waals surface area contributed by atoms with Crippen molar-refractivity contribution in [3.05, 3.63) is 24.0 Å². The molecule has 1 aromatic rings. The Morgan fingerprint density at radius 2 is 2.16 bits per heavy atom. The smallest absolute Gasteiger partial charge is 0.267 e. The van der Waals surface area contributed by atoms with Crippen LogP contribution in [0.4, 0.5) is 0 Å². The third-order valence-electron chi connectivity index (χ3n) is 4.23. The Hall–Kier alpha value is -1.29. The summed E-state index contributed by atoms with van der Waals surface area (Å²) >= 11 is 0. The number of aryl methyl sites for hydroxylation is 1. The molecular weight excluding hydrogens is 240 g/mol. The summed E-state index contributed by atoms with van der Waals surface area (Å²) in [4.78, 5) is 12.1. The van der Waals surface area contributed by atoms with Crippen molar-refractivity contribution in [2.45, 2.75) is 39.2 Å². The zero-order valence-electron chi connectivity index (χ0n) is 11.6. The molecule has 4 nitrogen and oxygen atoms in total. The molecule has 1 aromatic heterocycles. The Morgan fingerprint density at radius 1 is 1.42 bits per heavy atom. The first kappa shape index (κ1) is 14.1. The molecule has 1 amide bonds. The van der Waals surface area contributed by atoms with Crippen LogP contribution in [0.25, 0.3) is 0 Å². The molecule has 19 heavy (non-hydrogen) atoms. The van der Waals surface area contributed by atoms with Crippen LogP contribution in [0.2, 0.25) is 0 Å². The average molecular weight is 264 g/mol. The highest BCUT2D eigenvalue weighted by Crippen LogP contribution is 2.29. The summed E-state index contributed by atoms with van der Waals surface area (Å²) in [6.07, 6.45) is 6.53. The molecule has 0 radical (unpaired) electrons.